The first kappa shape index (κ1) is 17.8. The fraction of sp³-hybridized carbons (Fsp3) is 0.0556. The number of rotatable bonds is 5. The molecule has 0 atom stereocenters. The molecule has 1 heterocycles. The summed E-state index contributed by atoms with van der Waals surface area (Å²) in [5.41, 5.74) is 1.06. The van der Waals surface area contributed by atoms with Gasteiger partial charge in [0.2, 0.25) is 0 Å². The third-order valence-corrected chi connectivity index (χ3v) is 3.70. The van der Waals surface area contributed by atoms with Crippen LogP contribution in [0.25, 0.3) is 0 Å². The SMILES string of the molecule is O=C(NCc1ccc(Cl)cc1)c1cnc(Nc2ccc(F)cc2F)cn1. The van der Waals surface area contributed by atoms with Crippen molar-refractivity contribution in [3.63, 3.8) is 0 Å². The molecule has 3 aromatic rings. The zero-order valence-corrected chi connectivity index (χ0v) is 14.1. The summed E-state index contributed by atoms with van der Waals surface area (Å²) < 4.78 is 26.5. The predicted molar refractivity (Wildman–Crippen MR) is 94.3 cm³/mol. The number of nitrogens with zero attached hydrogens (tertiary/aromatic N) is 2. The van der Waals surface area contributed by atoms with Gasteiger partial charge in [-0.05, 0) is 29.8 Å². The minimum absolute atomic E-state index is 0.0561. The maximum Gasteiger partial charge on any atom is 0.271 e. The third-order valence-electron chi connectivity index (χ3n) is 3.44. The van der Waals surface area contributed by atoms with Gasteiger partial charge in [0, 0.05) is 17.6 Å². The number of carbonyl (C=O) groups is 1. The monoisotopic (exact) mass is 374 g/mol. The van der Waals surface area contributed by atoms with Crippen molar-refractivity contribution in [1.29, 1.82) is 0 Å². The second-order valence-corrected chi connectivity index (χ2v) is 5.78. The van der Waals surface area contributed by atoms with E-state index < -0.39 is 17.5 Å². The lowest BCUT2D eigenvalue weighted by atomic mass is 10.2. The molecule has 1 aromatic heterocycles. The molecule has 3 rings (SSSR count). The summed E-state index contributed by atoms with van der Waals surface area (Å²) in [6.45, 7) is 0.318. The van der Waals surface area contributed by atoms with E-state index in [2.05, 4.69) is 20.6 Å². The number of nitrogens with one attached hydrogen (secondary N) is 2. The smallest absolute Gasteiger partial charge is 0.271 e. The summed E-state index contributed by atoms with van der Waals surface area (Å²) >= 11 is 5.81. The highest BCUT2D eigenvalue weighted by molar-refractivity contribution is 6.30. The number of aromatic nitrogens is 2. The number of anilines is 2. The van der Waals surface area contributed by atoms with E-state index in [9.17, 15) is 13.6 Å². The van der Waals surface area contributed by atoms with Crippen LogP contribution in [-0.4, -0.2) is 15.9 Å². The van der Waals surface area contributed by atoms with Crippen molar-refractivity contribution in [2.45, 2.75) is 6.54 Å². The normalized spacial score (nSPS) is 10.4. The molecule has 5 nitrogen and oxygen atoms in total. The fourth-order valence-electron chi connectivity index (χ4n) is 2.11. The largest absolute Gasteiger partial charge is 0.347 e. The van der Waals surface area contributed by atoms with Crippen LogP contribution in [0.3, 0.4) is 0 Å². The van der Waals surface area contributed by atoms with E-state index in [0.29, 0.717) is 11.6 Å². The Morgan fingerprint density at radius 1 is 1.04 bits per heavy atom. The van der Waals surface area contributed by atoms with Gasteiger partial charge >= 0.3 is 0 Å². The van der Waals surface area contributed by atoms with Crippen LogP contribution < -0.4 is 10.6 Å². The molecule has 1 amide bonds. The molecule has 0 saturated heterocycles. The zero-order valence-electron chi connectivity index (χ0n) is 13.3. The first-order valence-electron chi connectivity index (χ1n) is 7.58. The average molecular weight is 375 g/mol. The van der Waals surface area contributed by atoms with Gasteiger partial charge in [0.25, 0.3) is 5.91 Å². The van der Waals surface area contributed by atoms with E-state index >= 15 is 0 Å². The van der Waals surface area contributed by atoms with Gasteiger partial charge in [0.15, 0.2) is 0 Å². The summed E-state index contributed by atoms with van der Waals surface area (Å²) in [5, 5.41) is 6.00. The molecule has 0 aliphatic rings. The van der Waals surface area contributed by atoms with Crippen LogP contribution in [0.15, 0.2) is 54.9 Å². The summed E-state index contributed by atoms with van der Waals surface area (Å²) in [6.07, 6.45) is 2.56. The van der Waals surface area contributed by atoms with Crippen LogP contribution in [0.1, 0.15) is 16.1 Å². The minimum Gasteiger partial charge on any atom is -0.347 e. The van der Waals surface area contributed by atoms with Crippen molar-refractivity contribution in [3.8, 4) is 0 Å². The van der Waals surface area contributed by atoms with Gasteiger partial charge in [-0.3, -0.25) is 4.79 Å². The summed E-state index contributed by atoms with van der Waals surface area (Å²) in [5.74, 6) is -1.60. The number of benzene rings is 2. The number of amides is 1. The maximum absolute atomic E-state index is 13.6. The van der Waals surface area contributed by atoms with Crippen molar-refractivity contribution in [2.75, 3.05) is 5.32 Å². The molecule has 0 radical (unpaired) electrons. The minimum atomic E-state index is -0.753. The molecule has 0 bridgehead atoms. The molecular weight excluding hydrogens is 362 g/mol. The van der Waals surface area contributed by atoms with Crippen LogP contribution >= 0.6 is 11.6 Å². The molecule has 0 aliphatic heterocycles. The van der Waals surface area contributed by atoms with Gasteiger partial charge in [-0.15, -0.1) is 0 Å². The van der Waals surface area contributed by atoms with Crippen LogP contribution in [0.5, 0.6) is 0 Å². The van der Waals surface area contributed by atoms with E-state index in [1.165, 1.54) is 18.5 Å². The van der Waals surface area contributed by atoms with Crippen LogP contribution in [0.4, 0.5) is 20.3 Å². The van der Waals surface area contributed by atoms with E-state index in [4.69, 9.17) is 11.6 Å². The lowest BCUT2D eigenvalue weighted by Crippen LogP contribution is -2.24. The molecule has 26 heavy (non-hydrogen) atoms. The molecule has 2 aromatic carbocycles. The average Bonchev–Trinajstić information content (AvgIpc) is 2.64. The number of hydrogen-bond acceptors (Lipinski definition) is 4. The van der Waals surface area contributed by atoms with Crippen LogP contribution in [-0.2, 0) is 6.54 Å². The lowest BCUT2D eigenvalue weighted by molar-refractivity contribution is 0.0945. The quantitative estimate of drug-likeness (QED) is 0.706. The maximum atomic E-state index is 13.6. The number of halogens is 3. The van der Waals surface area contributed by atoms with Crippen molar-refractivity contribution in [2.24, 2.45) is 0 Å². The number of hydrogen-bond donors (Lipinski definition) is 2. The molecule has 0 saturated carbocycles. The van der Waals surface area contributed by atoms with Crippen molar-refractivity contribution in [3.05, 3.63) is 82.8 Å². The highest BCUT2D eigenvalue weighted by Gasteiger charge is 2.09. The van der Waals surface area contributed by atoms with Crippen LogP contribution in [0, 0.1) is 11.6 Å². The Hall–Kier alpha value is -3.06. The molecule has 132 valence electrons. The summed E-state index contributed by atoms with van der Waals surface area (Å²) in [4.78, 5) is 20.1. The fourth-order valence-corrected chi connectivity index (χ4v) is 2.24. The topological polar surface area (TPSA) is 66.9 Å². The predicted octanol–water partition coefficient (Wildman–Crippen LogP) is 4.08. The van der Waals surface area contributed by atoms with E-state index in [0.717, 1.165) is 17.7 Å². The summed E-state index contributed by atoms with van der Waals surface area (Å²) in [6, 6.07) is 10.2. The second-order valence-electron chi connectivity index (χ2n) is 5.35. The van der Waals surface area contributed by atoms with Gasteiger partial charge in [-0.2, -0.15) is 0 Å². The van der Waals surface area contributed by atoms with Gasteiger partial charge in [0.1, 0.15) is 23.1 Å². The second kappa shape index (κ2) is 7.88. The Labute approximate surface area is 153 Å². The molecule has 0 spiro atoms. The molecular formula is C18H13ClF2N4O. The Bertz CT molecular complexity index is 917. The van der Waals surface area contributed by atoms with Gasteiger partial charge in [-0.25, -0.2) is 18.7 Å². The zero-order chi connectivity index (χ0) is 18.5. The van der Waals surface area contributed by atoms with E-state index in [-0.39, 0.29) is 17.2 Å². The number of carbonyl (C=O) groups excluding carboxylic acids is 1. The Morgan fingerprint density at radius 3 is 2.46 bits per heavy atom. The molecule has 2 N–H and O–H groups in total. The highest BCUT2D eigenvalue weighted by atomic mass is 35.5. The Balaban J connectivity index is 1.61. The molecule has 0 unspecified atom stereocenters. The molecule has 0 fully saturated rings. The van der Waals surface area contributed by atoms with Gasteiger partial charge in [0.05, 0.1) is 18.1 Å². The van der Waals surface area contributed by atoms with E-state index in [1.54, 1.807) is 24.3 Å². The Morgan fingerprint density at radius 2 is 1.81 bits per heavy atom. The Kier molecular flexibility index (Phi) is 5.38. The van der Waals surface area contributed by atoms with Gasteiger partial charge in [-0.1, -0.05) is 23.7 Å². The van der Waals surface area contributed by atoms with Crippen molar-refractivity contribution < 1.29 is 13.6 Å². The first-order chi connectivity index (χ1) is 12.5. The van der Waals surface area contributed by atoms with Crippen molar-refractivity contribution >= 4 is 29.0 Å². The standard InChI is InChI=1S/C18H13ClF2N4O/c19-12-3-1-11(2-4-12)8-24-18(26)16-9-23-17(10-22-16)25-15-6-5-13(20)7-14(15)21/h1-7,9-10H,8H2,(H,23,25)(H,24,26). The third kappa shape index (κ3) is 4.52. The van der Waals surface area contributed by atoms with Gasteiger partial charge < -0.3 is 10.6 Å². The highest BCUT2D eigenvalue weighted by Crippen LogP contribution is 2.18. The van der Waals surface area contributed by atoms with Crippen LogP contribution in [0.2, 0.25) is 5.02 Å². The lowest BCUT2D eigenvalue weighted by Gasteiger charge is -2.08. The first-order valence-corrected chi connectivity index (χ1v) is 7.96. The molecule has 0 aliphatic carbocycles. The van der Waals surface area contributed by atoms with Crippen molar-refractivity contribution in [1.82, 2.24) is 15.3 Å². The molecule has 8 heteroatoms. The van der Waals surface area contributed by atoms with E-state index in [1.807, 2.05) is 0 Å². The summed E-state index contributed by atoms with van der Waals surface area (Å²) in [7, 11) is 0.